The molecule has 0 bridgehead atoms. The first kappa shape index (κ1) is 16.7. The van der Waals surface area contributed by atoms with Crippen molar-refractivity contribution < 1.29 is 14.1 Å². The summed E-state index contributed by atoms with van der Waals surface area (Å²) in [5.74, 6) is 1.37. The first-order valence-corrected chi connectivity index (χ1v) is 8.38. The van der Waals surface area contributed by atoms with Crippen molar-refractivity contribution in [3.05, 3.63) is 90.3 Å². The summed E-state index contributed by atoms with van der Waals surface area (Å²) in [7, 11) is 0. The zero-order valence-electron chi connectivity index (χ0n) is 14.3. The molecule has 6 heteroatoms. The van der Waals surface area contributed by atoms with Crippen LogP contribution in [0.3, 0.4) is 0 Å². The number of carbonyl (C=O) groups excluding carboxylic acids is 1. The fraction of sp³-hybridized carbons (Fsp3) is 0.0476. The van der Waals surface area contributed by atoms with Crippen LogP contribution in [-0.4, -0.2) is 21.1 Å². The van der Waals surface area contributed by atoms with E-state index in [9.17, 15) is 4.79 Å². The van der Waals surface area contributed by atoms with Gasteiger partial charge in [0, 0.05) is 24.1 Å². The lowest BCUT2D eigenvalue weighted by Crippen LogP contribution is -2.05. The quantitative estimate of drug-likeness (QED) is 0.477. The number of Topliss-reactive ketones (excluding diaryl/α,β-unsaturated/α-hetero) is 1. The predicted octanol–water partition coefficient (Wildman–Crippen LogP) is 4.35. The van der Waals surface area contributed by atoms with Crippen LogP contribution >= 0.6 is 0 Å². The fourth-order valence-electron chi connectivity index (χ4n) is 2.56. The van der Waals surface area contributed by atoms with E-state index < -0.39 is 0 Å². The zero-order chi connectivity index (χ0) is 18.5. The second kappa shape index (κ2) is 7.61. The summed E-state index contributed by atoms with van der Waals surface area (Å²) in [6.07, 6.45) is 1.66. The molecule has 0 amide bonds. The van der Waals surface area contributed by atoms with Crippen molar-refractivity contribution in [2.24, 2.45) is 0 Å². The Labute approximate surface area is 155 Å². The first-order chi connectivity index (χ1) is 13.3. The van der Waals surface area contributed by atoms with Crippen molar-refractivity contribution in [2.45, 2.75) is 6.42 Å². The highest BCUT2D eigenvalue weighted by Crippen LogP contribution is 2.22. The van der Waals surface area contributed by atoms with Crippen molar-refractivity contribution in [3.8, 4) is 23.0 Å². The van der Waals surface area contributed by atoms with Crippen molar-refractivity contribution in [3.63, 3.8) is 0 Å². The number of rotatable bonds is 6. The van der Waals surface area contributed by atoms with Crippen LogP contribution in [0.5, 0.6) is 11.6 Å². The highest BCUT2D eigenvalue weighted by Gasteiger charge is 2.15. The number of benzene rings is 2. The van der Waals surface area contributed by atoms with Gasteiger partial charge in [-0.1, -0.05) is 53.7 Å². The molecule has 0 N–H and O–H groups in total. The molecule has 4 rings (SSSR count). The third-order valence-corrected chi connectivity index (χ3v) is 3.87. The van der Waals surface area contributed by atoms with Crippen molar-refractivity contribution in [1.82, 2.24) is 15.4 Å². The number of nitrogens with zero attached hydrogens (tertiary/aromatic N) is 3. The summed E-state index contributed by atoms with van der Waals surface area (Å²) in [6.45, 7) is 0. The molecule has 0 aliphatic carbocycles. The molecule has 0 aliphatic rings. The second-order valence-corrected chi connectivity index (χ2v) is 5.86. The summed E-state index contributed by atoms with van der Waals surface area (Å²) in [4.78, 5) is 12.5. The van der Waals surface area contributed by atoms with E-state index in [2.05, 4.69) is 15.4 Å². The van der Waals surface area contributed by atoms with Gasteiger partial charge in [-0.3, -0.25) is 4.79 Å². The number of ketones is 1. The summed E-state index contributed by atoms with van der Waals surface area (Å²) in [5.41, 5.74) is 1.83. The Morgan fingerprint density at radius 2 is 1.70 bits per heavy atom. The highest BCUT2D eigenvalue weighted by atomic mass is 16.5. The minimum Gasteiger partial charge on any atom is -0.438 e. The number of hydrogen-bond donors (Lipinski definition) is 0. The Morgan fingerprint density at radius 1 is 0.963 bits per heavy atom. The lowest BCUT2D eigenvalue weighted by Gasteiger charge is -2.04. The van der Waals surface area contributed by atoms with Crippen LogP contribution in [0.1, 0.15) is 16.1 Å². The molecule has 0 saturated carbocycles. The Balaban J connectivity index is 1.47. The lowest BCUT2D eigenvalue weighted by molar-refractivity contribution is 0.0984. The maximum absolute atomic E-state index is 12.5. The summed E-state index contributed by atoms with van der Waals surface area (Å²) < 4.78 is 10.9. The van der Waals surface area contributed by atoms with E-state index in [0.717, 1.165) is 5.56 Å². The van der Waals surface area contributed by atoms with Crippen LogP contribution in [0, 0.1) is 0 Å². The van der Waals surface area contributed by atoms with E-state index in [0.29, 0.717) is 23.0 Å². The minimum absolute atomic E-state index is 0.126. The molecule has 27 heavy (non-hydrogen) atoms. The van der Waals surface area contributed by atoms with Crippen LogP contribution < -0.4 is 4.74 Å². The number of aromatic nitrogens is 3. The Morgan fingerprint density at radius 3 is 2.48 bits per heavy atom. The van der Waals surface area contributed by atoms with E-state index >= 15 is 0 Å². The smallest absolute Gasteiger partial charge is 0.239 e. The number of hydrogen-bond acceptors (Lipinski definition) is 6. The van der Waals surface area contributed by atoms with Gasteiger partial charge in [0.15, 0.2) is 17.2 Å². The summed E-state index contributed by atoms with van der Waals surface area (Å²) >= 11 is 0. The summed E-state index contributed by atoms with van der Waals surface area (Å²) in [6, 6.07) is 22.1. The largest absolute Gasteiger partial charge is 0.438 e. The van der Waals surface area contributed by atoms with Crippen LogP contribution in [0.2, 0.25) is 0 Å². The van der Waals surface area contributed by atoms with E-state index in [-0.39, 0.29) is 17.9 Å². The Kier molecular flexibility index (Phi) is 4.70. The van der Waals surface area contributed by atoms with Crippen molar-refractivity contribution in [1.29, 1.82) is 0 Å². The van der Waals surface area contributed by atoms with Gasteiger partial charge in [-0.15, -0.1) is 5.10 Å². The average Bonchev–Trinajstić information content (AvgIpc) is 3.20. The molecule has 0 spiro atoms. The van der Waals surface area contributed by atoms with E-state index in [1.54, 1.807) is 12.1 Å². The molecule has 0 saturated heterocycles. The normalized spacial score (nSPS) is 10.5. The van der Waals surface area contributed by atoms with Crippen LogP contribution in [-0.2, 0) is 6.42 Å². The van der Waals surface area contributed by atoms with Crippen molar-refractivity contribution >= 4 is 5.78 Å². The van der Waals surface area contributed by atoms with E-state index in [4.69, 9.17) is 9.26 Å². The Bertz CT molecular complexity index is 1050. The topological polar surface area (TPSA) is 78.1 Å². The molecule has 2 heterocycles. The molecule has 2 aromatic carbocycles. The molecule has 4 aromatic rings. The van der Waals surface area contributed by atoms with Gasteiger partial charge < -0.3 is 9.26 Å². The molecule has 6 nitrogen and oxygen atoms in total. The molecule has 0 unspecified atom stereocenters. The molecule has 132 valence electrons. The molecule has 0 atom stereocenters. The number of para-hydroxylation sites is 1. The highest BCUT2D eigenvalue weighted by molar-refractivity contribution is 5.96. The number of ether oxygens (including phenoxy) is 1. The van der Waals surface area contributed by atoms with E-state index in [1.807, 2.05) is 60.7 Å². The van der Waals surface area contributed by atoms with Gasteiger partial charge in [0.05, 0.1) is 6.20 Å². The second-order valence-electron chi connectivity index (χ2n) is 5.86. The van der Waals surface area contributed by atoms with Gasteiger partial charge in [0.2, 0.25) is 5.88 Å². The van der Waals surface area contributed by atoms with Gasteiger partial charge in [0.1, 0.15) is 5.75 Å². The van der Waals surface area contributed by atoms with Gasteiger partial charge >= 0.3 is 0 Å². The maximum Gasteiger partial charge on any atom is 0.239 e. The maximum atomic E-state index is 12.5. The van der Waals surface area contributed by atoms with Crippen LogP contribution in [0.15, 0.2) is 83.5 Å². The third kappa shape index (κ3) is 4.07. The SMILES string of the molecule is O=C(Cc1cnnc(Oc2ccccc2)c1)c1cc(-c2ccccc2)on1. The average molecular weight is 357 g/mol. The van der Waals surface area contributed by atoms with Gasteiger partial charge in [-0.05, 0) is 17.7 Å². The molecular weight excluding hydrogens is 342 g/mol. The monoisotopic (exact) mass is 357 g/mol. The zero-order valence-corrected chi connectivity index (χ0v) is 14.3. The van der Waals surface area contributed by atoms with Crippen LogP contribution in [0.25, 0.3) is 11.3 Å². The molecule has 0 fully saturated rings. The van der Waals surface area contributed by atoms with Crippen LogP contribution in [0.4, 0.5) is 0 Å². The van der Waals surface area contributed by atoms with Gasteiger partial charge in [0.25, 0.3) is 0 Å². The minimum atomic E-state index is -0.167. The Hall–Kier alpha value is -3.80. The third-order valence-electron chi connectivity index (χ3n) is 3.87. The van der Waals surface area contributed by atoms with Gasteiger partial charge in [-0.25, -0.2) is 0 Å². The predicted molar refractivity (Wildman–Crippen MR) is 98.5 cm³/mol. The number of carbonyl (C=O) groups is 1. The molecular formula is C21H15N3O3. The van der Waals surface area contributed by atoms with Gasteiger partial charge in [-0.2, -0.15) is 5.10 Å². The lowest BCUT2D eigenvalue weighted by atomic mass is 10.1. The fourth-order valence-corrected chi connectivity index (χ4v) is 2.56. The standard InChI is InChI=1S/C21H15N3O3/c25-19(18-13-20(27-24-18)16-7-3-1-4-8-16)11-15-12-21(23-22-14-15)26-17-9-5-2-6-10-17/h1-10,12-14H,11H2. The summed E-state index contributed by atoms with van der Waals surface area (Å²) in [5, 5.41) is 11.7. The molecule has 2 aromatic heterocycles. The molecule has 0 aliphatic heterocycles. The first-order valence-electron chi connectivity index (χ1n) is 8.38. The van der Waals surface area contributed by atoms with Crippen molar-refractivity contribution in [2.75, 3.05) is 0 Å². The van der Waals surface area contributed by atoms with E-state index in [1.165, 1.54) is 6.20 Å². The molecule has 0 radical (unpaired) electrons.